The Hall–Kier alpha value is -1.89. The van der Waals surface area contributed by atoms with Crippen LogP contribution < -0.4 is 10.6 Å². The number of aromatic nitrogens is 2. The number of aromatic amines is 1. The van der Waals surface area contributed by atoms with E-state index >= 15 is 0 Å². The lowest BCUT2D eigenvalue weighted by atomic mass is 9.94. The van der Waals surface area contributed by atoms with Gasteiger partial charge in [0, 0.05) is 24.7 Å². The van der Waals surface area contributed by atoms with Crippen LogP contribution in [0.1, 0.15) is 49.4 Å². The number of piperidine rings is 1. The van der Waals surface area contributed by atoms with Gasteiger partial charge in [0.2, 0.25) is 11.8 Å². The van der Waals surface area contributed by atoms with Gasteiger partial charge < -0.3 is 10.6 Å². The summed E-state index contributed by atoms with van der Waals surface area (Å²) in [5, 5.41) is 13.1. The molecule has 0 unspecified atom stereocenters. The van der Waals surface area contributed by atoms with Crippen molar-refractivity contribution in [2.75, 3.05) is 26.2 Å². The molecule has 7 heteroatoms. The number of nitrogens with one attached hydrogen (secondary N) is 3. The molecule has 1 aromatic heterocycles. The SMILES string of the molecule is Cc1cc([C@@H]2CCCN(CC(=O)N[C@@H]3CCCCNC3=O)C2)n[nH]1. The van der Waals surface area contributed by atoms with E-state index in [1.807, 2.05) is 6.92 Å². The number of rotatable bonds is 4. The van der Waals surface area contributed by atoms with E-state index in [1.165, 1.54) is 0 Å². The van der Waals surface area contributed by atoms with Gasteiger partial charge >= 0.3 is 0 Å². The number of hydrogen-bond donors (Lipinski definition) is 3. The summed E-state index contributed by atoms with van der Waals surface area (Å²) in [5.74, 6) is 0.262. The lowest BCUT2D eigenvalue weighted by Crippen LogP contribution is -2.49. The number of H-pyrrole nitrogens is 1. The van der Waals surface area contributed by atoms with Gasteiger partial charge in [0.15, 0.2) is 0 Å². The fraction of sp³-hybridized carbons (Fsp3) is 0.706. The van der Waals surface area contributed by atoms with Crippen LogP contribution >= 0.6 is 0 Å². The van der Waals surface area contributed by atoms with E-state index in [0.29, 0.717) is 19.0 Å². The van der Waals surface area contributed by atoms with Crippen molar-refractivity contribution in [1.29, 1.82) is 0 Å². The maximum atomic E-state index is 12.3. The van der Waals surface area contributed by atoms with Crippen LogP contribution in [0.4, 0.5) is 0 Å². The molecule has 0 aliphatic carbocycles. The highest BCUT2D eigenvalue weighted by atomic mass is 16.2. The van der Waals surface area contributed by atoms with E-state index in [9.17, 15) is 9.59 Å². The predicted molar refractivity (Wildman–Crippen MR) is 90.5 cm³/mol. The highest BCUT2D eigenvalue weighted by molar-refractivity contribution is 5.88. The Bertz CT molecular complexity index is 585. The lowest BCUT2D eigenvalue weighted by molar-refractivity contribution is -0.129. The zero-order valence-electron chi connectivity index (χ0n) is 14.3. The maximum Gasteiger partial charge on any atom is 0.242 e. The van der Waals surface area contributed by atoms with E-state index in [0.717, 1.165) is 56.6 Å². The van der Waals surface area contributed by atoms with Crippen molar-refractivity contribution in [1.82, 2.24) is 25.7 Å². The topological polar surface area (TPSA) is 90.1 Å². The quantitative estimate of drug-likeness (QED) is 0.756. The molecular weight excluding hydrogens is 306 g/mol. The molecule has 24 heavy (non-hydrogen) atoms. The Morgan fingerprint density at radius 3 is 3.04 bits per heavy atom. The Morgan fingerprint density at radius 2 is 2.25 bits per heavy atom. The van der Waals surface area contributed by atoms with Crippen molar-refractivity contribution in [2.24, 2.45) is 0 Å². The second kappa shape index (κ2) is 7.79. The summed E-state index contributed by atoms with van der Waals surface area (Å²) in [4.78, 5) is 26.4. The Balaban J connectivity index is 1.51. The van der Waals surface area contributed by atoms with Crippen molar-refractivity contribution < 1.29 is 9.59 Å². The first-order valence-corrected chi connectivity index (χ1v) is 8.93. The summed E-state index contributed by atoms with van der Waals surface area (Å²) in [7, 11) is 0. The maximum absolute atomic E-state index is 12.3. The minimum atomic E-state index is -0.380. The molecule has 2 amide bonds. The zero-order chi connectivity index (χ0) is 16.9. The van der Waals surface area contributed by atoms with Gasteiger partial charge in [-0.05, 0) is 51.6 Å². The Morgan fingerprint density at radius 1 is 1.38 bits per heavy atom. The number of likely N-dealkylation sites (tertiary alicyclic amines) is 1. The number of aryl methyl sites for hydroxylation is 1. The molecule has 3 N–H and O–H groups in total. The molecule has 2 aliphatic rings. The van der Waals surface area contributed by atoms with Gasteiger partial charge in [-0.15, -0.1) is 0 Å². The fourth-order valence-corrected chi connectivity index (χ4v) is 3.61. The smallest absolute Gasteiger partial charge is 0.242 e. The second-order valence-electron chi connectivity index (χ2n) is 6.96. The van der Waals surface area contributed by atoms with Gasteiger partial charge in [-0.3, -0.25) is 19.6 Å². The highest BCUT2D eigenvalue weighted by Crippen LogP contribution is 2.25. The first-order valence-electron chi connectivity index (χ1n) is 8.93. The summed E-state index contributed by atoms with van der Waals surface area (Å²) in [6.07, 6.45) is 4.84. The number of carbonyl (C=O) groups excluding carboxylic acids is 2. The van der Waals surface area contributed by atoms with E-state index < -0.39 is 0 Å². The number of amides is 2. The lowest BCUT2D eigenvalue weighted by Gasteiger charge is -2.31. The van der Waals surface area contributed by atoms with E-state index in [4.69, 9.17) is 0 Å². The van der Waals surface area contributed by atoms with Crippen LogP contribution in [-0.2, 0) is 9.59 Å². The Kier molecular flexibility index (Phi) is 5.50. The number of hydrogen-bond acceptors (Lipinski definition) is 4. The van der Waals surface area contributed by atoms with Crippen LogP contribution in [0.15, 0.2) is 6.07 Å². The van der Waals surface area contributed by atoms with Crippen molar-refractivity contribution >= 4 is 11.8 Å². The molecule has 2 fully saturated rings. The van der Waals surface area contributed by atoms with Crippen LogP contribution in [0.2, 0.25) is 0 Å². The largest absolute Gasteiger partial charge is 0.354 e. The first-order chi connectivity index (χ1) is 11.6. The third-order valence-electron chi connectivity index (χ3n) is 4.89. The van der Waals surface area contributed by atoms with Crippen LogP contribution in [0.25, 0.3) is 0 Å². The van der Waals surface area contributed by atoms with Gasteiger partial charge in [-0.1, -0.05) is 0 Å². The van der Waals surface area contributed by atoms with Crippen LogP contribution in [-0.4, -0.2) is 59.1 Å². The molecule has 0 bridgehead atoms. The van der Waals surface area contributed by atoms with Crippen molar-refractivity contribution in [3.63, 3.8) is 0 Å². The molecule has 2 aliphatic heterocycles. The summed E-state index contributed by atoms with van der Waals surface area (Å²) >= 11 is 0. The fourth-order valence-electron chi connectivity index (χ4n) is 3.61. The van der Waals surface area contributed by atoms with Gasteiger partial charge in [0.25, 0.3) is 0 Å². The third-order valence-corrected chi connectivity index (χ3v) is 4.89. The molecule has 0 aromatic carbocycles. The van der Waals surface area contributed by atoms with Crippen molar-refractivity contribution in [3.05, 3.63) is 17.5 Å². The van der Waals surface area contributed by atoms with Crippen LogP contribution in [0.3, 0.4) is 0 Å². The summed E-state index contributed by atoms with van der Waals surface area (Å²) < 4.78 is 0. The van der Waals surface area contributed by atoms with E-state index in [2.05, 4.69) is 31.8 Å². The molecule has 7 nitrogen and oxygen atoms in total. The molecule has 0 spiro atoms. The standard InChI is InChI=1S/C17H27N5O2/c1-12-9-15(21-20-12)13-5-4-8-22(10-13)11-16(23)19-14-6-2-3-7-18-17(14)24/h9,13-14H,2-8,10-11H2,1H3,(H,18,24)(H,19,23)(H,20,21)/t13-,14-/m1/s1. The zero-order valence-corrected chi connectivity index (χ0v) is 14.3. The molecule has 2 atom stereocenters. The normalized spacial score (nSPS) is 25.8. The average Bonchev–Trinajstić information content (AvgIpc) is 2.90. The molecule has 1 aromatic rings. The highest BCUT2D eigenvalue weighted by Gasteiger charge is 2.26. The predicted octanol–water partition coefficient (Wildman–Crippen LogP) is 0.682. The van der Waals surface area contributed by atoms with Gasteiger partial charge in [-0.25, -0.2) is 0 Å². The van der Waals surface area contributed by atoms with Gasteiger partial charge in [-0.2, -0.15) is 5.10 Å². The number of nitrogens with zero attached hydrogens (tertiary/aromatic N) is 2. The minimum absolute atomic E-state index is 0.0515. The molecule has 0 saturated carbocycles. The molecule has 3 heterocycles. The third kappa shape index (κ3) is 4.35. The van der Waals surface area contributed by atoms with E-state index in [-0.39, 0.29) is 17.9 Å². The van der Waals surface area contributed by atoms with Crippen LogP contribution in [0, 0.1) is 6.92 Å². The molecule has 132 valence electrons. The Labute approximate surface area is 142 Å². The average molecular weight is 333 g/mol. The van der Waals surface area contributed by atoms with Crippen LogP contribution in [0.5, 0.6) is 0 Å². The summed E-state index contributed by atoms with van der Waals surface area (Å²) in [6, 6.07) is 1.71. The molecule has 3 rings (SSSR count). The van der Waals surface area contributed by atoms with Crippen molar-refractivity contribution in [2.45, 2.75) is 51.0 Å². The van der Waals surface area contributed by atoms with E-state index in [1.54, 1.807) is 0 Å². The van der Waals surface area contributed by atoms with Gasteiger partial charge in [0.1, 0.15) is 6.04 Å². The molecule has 0 radical (unpaired) electrons. The first kappa shape index (κ1) is 17.0. The molecule has 2 saturated heterocycles. The molecular formula is C17H27N5O2. The summed E-state index contributed by atoms with van der Waals surface area (Å²) in [6.45, 7) is 4.83. The van der Waals surface area contributed by atoms with Gasteiger partial charge in [0.05, 0.1) is 12.2 Å². The second-order valence-corrected chi connectivity index (χ2v) is 6.96. The minimum Gasteiger partial charge on any atom is -0.354 e. The van der Waals surface area contributed by atoms with Crippen molar-refractivity contribution in [3.8, 4) is 0 Å². The monoisotopic (exact) mass is 333 g/mol. The summed E-state index contributed by atoms with van der Waals surface area (Å²) in [5.41, 5.74) is 2.15. The number of carbonyl (C=O) groups is 2.